The lowest BCUT2D eigenvalue weighted by atomic mass is 10.1. The highest BCUT2D eigenvalue weighted by molar-refractivity contribution is 6.13. The summed E-state index contributed by atoms with van der Waals surface area (Å²) in [6.45, 7) is 0.937. The number of likely N-dealkylation sites (tertiary alicyclic amines) is 1. The third-order valence-electron chi connectivity index (χ3n) is 4.74. The molecule has 0 radical (unpaired) electrons. The van der Waals surface area contributed by atoms with Gasteiger partial charge in [0.1, 0.15) is 5.82 Å². The Hall–Kier alpha value is -3.68. The van der Waals surface area contributed by atoms with Crippen molar-refractivity contribution in [2.24, 2.45) is 0 Å². The van der Waals surface area contributed by atoms with E-state index >= 15 is 0 Å². The Morgan fingerprint density at radius 2 is 1.93 bits per heavy atom. The number of aromatic nitrogens is 2. The van der Waals surface area contributed by atoms with Crippen LogP contribution in [0.1, 0.15) is 16.8 Å². The predicted molar refractivity (Wildman–Crippen MR) is 106 cm³/mol. The van der Waals surface area contributed by atoms with Gasteiger partial charge in [0.15, 0.2) is 0 Å². The lowest BCUT2D eigenvalue weighted by molar-refractivity contribution is 0.102. The quantitative estimate of drug-likeness (QED) is 0.645. The topological polar surface area (TPSA) is 107 Å². The van der Waals surface area contributed by atoms with Crippen LogP contribution >= 0.6 is 0 Å². The molecular weight excluding hydrogens is 358 g/mol. The molecule has 0 spiro atoms. The summed E-state index contributed by atoms with van der Waals surface area (Å²) in [5.74, 6) is 0.186. The van der Waals surface area contributed by atoms with Crippen LogP contribution in [0.4, 0.5) is 16.3 Å². The molecule has 2 aromatic heterocycles. The zero-order valence-electron chi connectivity index (χ0n) is 15.0. The van der Waals surface area contributed by atoms with Gasteiger partial charge in [-0.15, -0.1) is 0 Å². The number of carbonyl (C=O) groups is 2. The van der Waals surface area contributed by atoms with Crippen LogP contribution in [0, 0.1) is 0 Å². The Bertz CT molecular complexity index is 1020. The minimum absolute atomic E-state index is 0.0210. The first-order chi connectivity index (χ1) is 13.6. The summed E-state index contributed by atoms with van der Waals surface area (Å²) in [4.78, 5) is 33.7. The number of fused-ring (bicyclic) bond motifs is 1. The van der Waals surface area contributed by atoms with Crippen molar-refractivity contribution in [2.45, 2.75) is 12.5 Å². The summed E-state index contributed by atoms with van der Waals surface area (Å²) in [5, 5.41) is 16.1. The van der Waals surface area contributed by atoms with Crippen LogP contribution in [0.2, 0.25) is 0 Å². The van der Waals surface area contributed by atoms with Gasteiger partial charge in [0.25, 0.3) is 5.91 Å². The van der Waals surface area contributed by atoms with Crippen molar-refractivity contribution in [3.63, 3.8) is 0 Å². The second-order valence-electron chi connectivity index (χ2n) is 6.59. The molecule has 3 heterocycles. The van der Waals surface area contributed by atoms with Gasteiger partial charge in [-0.05, 0) is 42.8 Å². The summed E-state index contributed by atoms with van der Waals surface area (Å²) >= 11 is 0. The highest BCUT2D eigenvalue weighted by atomic mass is 16.4. The van der Waals surface area contributed by atoms with E-state index in [1.165, 1.54) is 4.90 Å². The van der Waals surface area contributed by atoms with E-state index in [0.717, 1.165) is 17.5 Å². The number of nitrogens with one attached hydrogen (secondary N) is 2. The number of anilines is 2. The van der Waals surface area contributed by atoms with Crippen molar-refractivity contribution in [1.82, 2.24) is 14.9 Å². The van der Waals surface area contributed by atoms with Gasteiger partial charge in [-0.25, -0.2) is 9.78 Å². The molecule has 0 bridgehead atoms. The second-order valence-corrected chi connectivity index (χ2v) is 6.59. The highest BCUT2D eigenvalue weighted by Gasteiger charge is 2.26. The minimum atomic E-state index is -0.905. The van der Waals surface area contributed by atoms with Gasteiger partial charge in [0, 0.05) is 42.6 Å². The molecule has 1 fully saturated rings. The van der Waals surface area contributed by atoms with Crippen LogP contribution in [-0.4, -0.2) is 51.1 Å². The number of nitrogens with zero attached hydrogens (tertiary/aromatic N) is 3. The maximum Gasteiger partial charge on any atom is 0.407 e. The molecule has 4 rings (SSSR count). The molecule has 28 heavy (non-hydrogen) atoms. The zero-order valence-corrected chi connectivity index (χ0v) is 15.0. The van der Waals surface area contributed by atoms with Gasteiger partial charge in [0.2, 0.25) is 0 Å². The largest absolute Gasteiger partial charge is 0.465 e. The Morgan fingerprint density at radius 1 is 1.07 bits per heavy atom. The van der Waals surface area contributed by atoms with E-state index in [2.05, 4.69) is 20.6 Å². The van der Waals surface area contributed by atoms with Gasteiger partial charge in [-0.1, -0.05) is 6.07 Å². The molecule has 0 unspecified atom stereocenters. The normalized spacial score (nSPS) is 16.1. The third-order valence-corrected chi connectivity index (χ3v) is 4.74. The number of amides is 2. The predicted octanol–water partition coefficient (Wildman–Crippen LogP) is 3.05. The van der Waals surface area contributed by atoms with E-state index in [9.17, 15) is 9.59 Å². The van der Waals surface area contributed by atoms with Gasteiger partial charge >= 0.3 is 6.09 Å². The van der Waals surface area contributed by atoms with Crippen LogP contribution in [-0.2, 0) is 0 Å². The molecule has 3 aromatic rings. The first-order valence-corrected chi connectivity index (χ1v) is 8.96. The molecule has 1 saturated heterocycles. The maximum atomic E-state index is 12.7. The van der Waals surface area contributed by atoms with Crippen molar-refractivity contribution in [3.05, 3.63) is 60.4 Å². The van der Waals surface area contributed by atoms with E-state index in [1.54, 1.807) is 36.7 Å². The monoisotopic (exact) mass is 377 g/mol. The van der Waals surface area contributed by atoms with Crippen molar-refractivity contribution < 1.29 is 14.7 Å². The van der Waals surface area contributed by atoms with Crippen LogP contribution in [0.15, 0.2) is 54.9 Å². The van der Waals surface area contributed by atoms with Gasteiger partial charge in [0.05, 0.1) is 11.1 Å². The summed E-state index contributed by atoms with van der Waals surface area (Å²) in [5.41, 5.74) is 1.86. The number of pyridine rings is 2. The lowest BCUT2D eigenvalue weighted by Gasteiger charge is -2.17. The number of carbonyl (C=O) groups excluding carboxylic acids is 1. The minimum Gasteiger partial charge on any atom is -0.465 e. The second kappa shape index (κ2) is 7.51. The number of hydrogen-bond acceptors (Lipinski definition) is 5. The molecule has 1 aromatic carbocycles. The van der Waals surface area contributed by atoms with Crippen molar-refractivity contribution in [1.29, 1.82) is 0 Å². The number of carboxylic acid groups (broad SMARTS) is 1. The first-order valence-electron chi connectivity index (χ1n) is 8.96. The van der Waals surface area contributed by atoms with Crippen LogP contribution in [0.5, 0.6) is 0 Å². The fourth-order valence-electron chi connectivity index (χ4n) is 3.37. The van der Waals surface area contributed by atoms with Crippen molar-refractivity contribution in [2.75, 3.05) is 23.7 Å². The maximum absolute atomic E-state index is 12.7. The van der Waals surface area contributed by atoms with Crippen LogP contribution < -0.4 is 10.6 Å². The smallest absolute Gasteiger partial charge is 0.407 e. The van der Waals surface area contributed by atoms with Crippen molar-refractivity contribution >= 4 is 34.4 Å². The Morgan fingerprint density at radius 3 is 2.68 bits per heavy atom. The van der Waals surface area contributed by atoms with Crippen LogP contribution in [0.3, 0.4) is 0 Å². The molecule has 8 heteroatoms. The van der Waals surface area contributed by atoms with Crippen LogP contribution in [0.25, 0.3) is 10.9 Å². The lowest BCUT2D eigenvalue weighted by Crippen LogP contribution is -2.30. The average Bonchev–Trinajstić information content (AvgIpc) is 3.18. The standard InChI is InChI=1S/C20H19N5O3/c26-19(24-17-5-1-2-9-21-17)15-6-7-16(14-4-3-10-22-18(14)15)23-13-8-11-25(12-13)20(27)28/h1-7,9-10,13,23H,8,11-12H2,(H,27,28)(H,21,24,26)/t13-/m0/s1. The first kappa shape index (κ1) is 17.7. The van der Waals surface area contributed by atoms with E-state index < -0.39 is 6.09 Å². The molecule has 0 saturated carbocycles. The molecule has 1 atom stereocenters. The zero-order chi connectivity index (χ0) is 19.5. The summed E-state index contributed by atoms with van der Waals surface area (Å²) < 4.78 is 0. The Kier molecular flexibility index (Phi) is 4.76. The SMILES string of the molecule is O=C(Nc1ccccn1)c1ccc(N[C@H]2CCN(C(=O)O)C2)c2cccnc12. The molecule has 2 amide bonds. The molecule has 1 aliphatic heterocycles. The average molecular weight is 377 g/mol. The molecule has 1 aliphatic rings. The molecule has 142 valence electrons. The summed E-state index contributed by atoms with van der Waals surface area (Å²) in [6, 6.07) is 12.6. The number of hydrogen-bond donors (Lipinski definition) is 3. The number of benzene rings is 1. The van der Waals surface area contributed by atoms with Crippen molar-refractivity contribution in [3.8, 4) is 0 Å². The number of rotatable bonds is 4. The fourth-order valence-corrected chi connectivity index (χ4v) is 3.37. The van der Waals surface area contributed by atoms with Gasteiger partial charge in [-0.3, -0.25) is 9.78 Å². The Balaban J connectivity index is 1.60. The van der Waals surface area contributed by atoms with E-state index in [1.807, 2.05) is 18.2 Å². The van der Waals surface area contributed by atoms with Gasteiger partial charge < -0.3 is 20.6 Å². The molecule has 3 N–H and O–H groups in total. The van der Waals surface area contributed by atoms with Gasteiger partial charge in [-0.2, -0.15) is 0 Å². The van der Waals surface area contributed by atoms with E-state index in [-0.39, 0.29) is 11.9 Å². The summed E-state index contributed by atoms with van der Waals surface area (Å²) in [7, 11) is 0. The molecular formula is C20H19N5O3. The molecule has 8 nitrogen and oxygen atoms in total. The van der Waals surface area contributed by atoms with E-state index in [4.69, 9.17) is 5.11 Å². The molecule has 0 aliphatic carbocycles. The fraction of sp³-hybridized carbons (Fsp3) is 0.200. The summed E-state index contributed by atoms with van der Waals surface area (Å²) in [6.07, 6.45) is 3.08. The Labute approximate surface area is 161 Å². The van der Waals surface area contributed by atoms with E-state index in [0.29, 0.717) is 30.0 Å². The third kappa shape index (κ3) is 3.57. The highest BCUT2D eigenvalue weighted by Crippen LogP contribution is 2.27.